The molecule has 0 aromatic carbocycles. The van der Waals surface area contributed by atoms with E-state index in [2.05, 4.69) is 15.3 Å². The molecule has 0 radical (unpaired) electrons. The van der Waals surface area contributed by atoms with Gasteiger partial charge in [0.2, 0.25) is 11.8 Å². The van der Waals surface area contributed by atoms with E-state index in [4.69, 9.17) is 4.74 Å². The molecule has 1 aliphatic heterocycles. The number of ether oxygens (including phenoxy) is 1. The Balaban J connectivity index is 1.96. The molecule has 1 aromatic rings. The first-order valence-electron chi connectivity index (χ1n) is 7.59. The number of nitrogens with zero attached hydrogens (tertiary/aromatic N) is 2. The van der Waals surface area contributed by atoms with Crippen molar-refractivity contribution in [1.82, 2.24) is 20.2 Å². The number of H-pyrrole nitrogens is 1. The van der Waals surface area contributed by atoms with Crippen LogP contribution in [0, 0.1) is 0 Å². The van der Waals surface area contributed by atoms with Gasteiger partial charge in [-0.05, 0) is 19.3 Å². The molecule has 22 heavy (non-hydrogen) atoms. The van der Waals surface area contributed by atoms with Crippen LogP contribution in [0.25, 0.3) is 0 Å². The van der Waals surface area contributed by atoms with Crippen LogP contribution in [-0.2, 0) is 20.7 Å². The number of aromatic nitrogens is 2. The van der Waals surface area contributed by atoms with E-state index in [0.717, 1.165) is 25.1 Å². The Bertz CT molecular complexity index is 503. The number of amides is 2. The minimum atomic E-state index is -0.422. The number of carbonyl (C=O) groups excluding carboxylic acids is 2. The molecule has 1 saturated heterocycles. The third-order valence-corrected chi connectivity index (χ3v) is 4.31. The molecule has 2 amide bonds. The van der Waals surface area contributed by atoms with Crippen LogP contribution in [0.3, 0.4) is 0 Å². The van der Waals surface area contributed by atoms with E-state index in [1.165, 1.54) is 0 Å². The van der Waals surface area contributed by atoms with Crippen molar-refractivity contribution in [2.75, 3.05) is 27.2 Å². The fourth-order valence-electron chi connectivity index (χ4n) is 2.91. The first-order valence-corrected chi connectivity index (χ1v) is 7.59. The molecule has 7 heteroatoms. The summed E-state index contributed by atoms with van der Waals surface area (Å²) in [5.74, 6) is 0.0580. The van der Waals surface area contributed by atoms with Crippen LogP contribution in [0.4, 0.5) is 0 Å². The number of hydrogen-bond donors (Lipinski definition) is 2. The maximum absolute atomic E-state index is 12.4. The van der Waals surface area contributed by atoms with E-state index in [0.29, 0.717) is 25.8 Å². The van der Waals surface area contributed by atoms with Crippen LogP contribution in [0.5, 0.6) is 0 Å². The van der Waals surface area contributed by atoms with Crippen LogP contribution < -0.4 is 5.32 Å². The van der Waals surface area contributed by atoms with Crippen molar-refractivity contribution < 1.29 is 14.3 Å². The highest BCUT2D eigenvalue weighted by Crippen LogP contribution is 2.29. The fraction of sp³-hybridized carbons (Fsp3) is 0.667. The summed E-state index contributed by atoms with van der Waals surface area (Å²) >= 11 is 0. The largest absolute Gasteiger partial charge is 0.376 e. The second-order valence-corrected chi connectivity index (χ2v) is 5.73. The van der Waals surface area contributed by atoms with Gasteiger partial charge in [-0.15, -0.1) is 0 Å². The number of nitrogens with one attached hydrogen (secondary N) is 2. The molecule has 122 valence electrons. The van der Waals surface area contributed by atoms with Crippen molar-refractivity contribution in [3.05, 3.63) is 18.2 Å². The number of methoxy groups -OCH3 is 1. The van der Waals surface area contributed by atoms with Crippen molar-refractivity contribution in [2.45, 2.75) is 37.7 Å². The van der Waals surface area contributed by atoms with Gasteiger partial charge in [0.25, 0.3) is 0 Å². The van der Waals surface area contributed by atoms with Gasteiger partial charge in [-0.25, -0.2) is 4.98 Å². The first-order chi connectivity index (χ1) is 10.6. The molecular formula is C15H24N4O3. The van der Waals surface area contributed by atoms with E-state index in [-0.39, 0.29) is 11.8 Å². The maximum atomic E-state index is 12.4. The molecule has 0 aliphatic carbocycles. The van der Waals surface area contributed by atoms with Crippen LogP contribution >= 0.6 is 0 Å². The Morgan fingerprint density at radius 2 is 2.36 bits per heavy atom. The molecule has 1 atom stereocenters. The monoisotopic (exact) mass is 308 g/mol. The van der Waals surface area contributed by atoms with Gasteiger partial charge in [0.05, 0.1) is 18.3 Å². The average Bonchev–Trinajstić information content (AvgIpc) is 3.05. The van der Waals surface area contributed by atoms with E-state index >= 15 is 0 Å². The Morgan fingerprint density at radius 3 is 3.00 bits per heavy atom. The Morgan fingerprint density at radius 1 is 1.55 bits per heavy atom. The van der Waals surface area contributed by atoms with Crippen molar-refractivity contribution in [1.29, 1.82) is 0 Å². The molecule has 0 spiro atoms. The molecule has 2 N–H and O–H groups in total. The average molecular weight is 308 g/mol. The highest BCUT2D eigenvalue weighted by atomic mass is 16.5. The number of rotatable bonds is 6. The summed E-state index contributed by atoms with van der Waals surface area (Å²) < 4.78 is 5.70. The van der Waals surface area contributed by atoms with Gasteiger partial charge in [0.15, 0.2) is 0 Å². The van der Waals surface area contributed by atoms with Crippen LogP contribution in [0.15, 0.2) is 12.5 Å². The van der Waals surface area contributed by atoms with Gasteiger partial charge in [0, 0.05) is 45.6 Å². The van der Waals surface area contributed by atoms with E-state index in [1.807, 2.05) is 4.90 Å². The van der Waals surface area contributed by atoms with Crippen molar-refractivity contribution >= 4 is 11.8 Å². The SMILES string of the molecule is CNC(=O)CC[C@]1(OC)CCCN(C(=O)Cc2cnc[nH]2)C1. The second-order valence-electron chi connectivity index (χ2n) is 5.73. The topological polar surface area (TPSA) is 87.3 Å². The normalized spacial score (nSPS) is 21.6. The molecule has 2 rings (SSSR count). The third-order valence-electron chi connectivity index (χ3n) is 4.31. The smallest absolute Gasteiger partial charge is 0.228 e. The number of imidazole rings is 1. The zero-order valence-corrected chi connectivity index (χ0v) is 13.2. The molecule has 0 unspecified atom stereocenters. The molecular weight excluding hydrogens is 284 g/mol. The summed E-state index contributed by atoms with van der Waals surface area (Å²) in [6.07, 6.45) is 6.34. The molecule has 1 aromatic heterocycles. The van der Waals surface area contributed by atoms with Crippen molar-refractivity contribution in [2.24, 2.45) is 0 Å². The maximum Gasteiger partial charge on any atom is 0.228 e. The summed E-state index contributed by atoms with van der Waals surface area (Å²) in [4.78, 5) is 32.6. The lowest BCUT2D eigenvalue weighted by Gasteiger charge is -2.42. The molecule has 1 aliphatic rings. The Labute approximate surface area is 130 Å². The van der Waals surface area contributed by atoms with E-state index in [9.17, 15) is 9.59 Å². The summed E-state index contributed by atoms with van der Waals surface area (Å²) in [7, 11) is 3.29. The number of hydrogen-bond acceptors (Lipinski definition) is 4. The Hall–Kier alpha value is -1.89. The predicted molar refractivity (Wildman–Crippen MR) is 81.1 cm³/mol. The fourth-order valence-corrected chi connectivity index (χ4v) is 2.91. The third kappa shape index (κ3) is 4.07. The zero-order valence-electron chi connectivity index (χ0n) is 13.2. The highest BCUT2D eigenvalue weighted by Gasteiger charge is 2.37. The standard InChI is InChI=1S/C15H24N4O3/c1-16-13(20)4-6-15(22-2)5-3-7-19(10-15)14(21)8-12-9-17-11-18-12/h9,11H,3-8,10H2,1-2H3,(H,16,20)(H,17,18)/t15-/m1/s1. The lowest BCUT2D eigenvalue weighted by molar-refractivity contribution is -0.141. The van der Waals surface area contributed by atoms with Crippen LogP contribution in [0.2, 0.25) is 0 Å². The summed E-state index contributed by atoms with van der Waals surface area (Å²) in [5.41, 5.74) is 0.387. The zero-order chi connectivity index (χ0) is 16.0. The lowest BCUT2D eigenvalue weighted by Crippen LogP contribution is -2.52. The quantitative estimate of drug-likeness (QED) is 0.800. The van der Waals surface area contributed by atoms with E-state index in [1.54, 1.807) is 26.7 Å². The van der Waals surface area contributed by atoms with Gasteiger partial charge in [-0.2, -0.15) is 0 Å². The number of likely N-dealkylation sites (tertiary alicyclic amines) is 1. The number of piperidine rings is 1. The van der Waals surface area contributed by atoms with Gasteiger partial charge in [-0.3, -0.25) is 9.59 Å². The van der Waals surface area contributed by atoms with Gasteiger partial charge in [0.1, 0.15) is 0 Å². The lowest BCUT2D eigenvalue weighted by atomic mass is 9.87. The summed E-state index contributed by atoms with van der Waals surface area (Å²) in [5, 5.41) is 2.62. The second kappa shape index (κ2) is 7.40. The summed E-state index contributed by atoms with van der Waals surface area (Å²) in [6.45, 7) is 1.27. The summed E-state index contributed by atoms with van der Waals surface area (Å²) in [6, 6.07) is 0. The van der Waals surface area contributed by atoms with Crippen molar-refractivity contribution in [3.63, 3.8) is 0 Å². The Kier molecular flexibility index (Phi) is 5.54. The first kappa shape index (κ1) is 16.5. The van der Waals surface area contributed by atoms with Gasteiger partial charge < -0.3 is 19.9 Å². The minimum absolute atomic E-state index is 0.00247. The molecule has 1 fully saturated rings. The highest BCUT2D eigenvalue weighted by molar-refractivity contribution is 5.78. The number of aromatic amines is 1. The molecule has 0 bridgehead atoms. The number of carbonyl (C=O) groups is 2. The van der Waals surface area contributed by atoms with Crippen LogP contribution in [-0.4, -0.2) is 59.5 Å². The minimum Gasteiger partial charge on any atom is -0.376 e. The predicted octanol–water partition coefficient (Wildman–Crippen LogP) is 0.486. The van der Waals surface area contributed by atoms with Gasteiger partial charge >= 0.3 is 0 Å². The van der Waals surface area contributed by atoms with Gasteiger partial charge in [-0.1, -0.05) is 0 Å². The molecule has 7 nitrogen and oxygen atoms in total. The molecule has 2 heterocycles. The molecule has 0 saturated carbocycles. The van der Waals surface area contributed by atoms with Crippen molar-refractivity contribution in [3.8, 4) is 0 Å². The van der Waals surface area contributed by atoms with Crippen LogP contribution in [0.1, 0.15) is 31.4 Å². The van der Waals surface area contributed by atoms with E-state index < -0.39 is 5.60 Å².